The average molecular weight is 261 g/mol. The minimum atomic E-state index is -0.133. The van der Waals surface area contributed by atoms with Crippen LogP contribution in [0.25, 0.3) is 0 Å². The fraction of sp³-hybridized carbons (Fsp3) is 0.364. The van der Waals surface area contributed by atoms with Crippen molar-refractivity contribution in [2.45, 2.75) is 6.42 Å². The molecule has 0 spiro atoms. The minimum absolute atomic E-state index is 0. The predicted octanol–water partition coefficient (Wildman–Crippen LogP) is 1.41. The molecule has 0 unspecified atom stereocenters. The Labute approximate surface area is 107 Å². The van der Waals surface area contributed by atoms with Crippen molar-refractivity contribution < 1.29 is 14.3 Å². The molecule has 0 radical (unpaired) electrons. The van der Waals surface area contributed by atoms with Gasteiger partial charge in [0.1, 0.15) is 11.5 Å². The van der Waals surface area contributed by atoms with Gasteiger partial charge in [0.2, 0.25) is 5.91 Å². The minimum Gasteiger partial charge on any atom is -0.497 e. The highest BCUT2D eigenvalue weighted by atomic mass is 35.5. The van der Waals surface area contributed by atoms with Crippen LogP contribution in [0.15, 0.2) is 18.2 Å². The summed E-state index contributed by atoms with van der Waals surface area (Å²) >= 11 is 0. The second-order valence-electron chi connectivity index (χ2n) is 3.15. The number of benzene rings is 1. The number of rotatable bonds is 5. The molecular weight excluding hydrogens is 244 g/mol. The quantitative estimate of drug-likeness (QED) is 0.840. The third-order valence-corrected chi connectivity index (χ3v) is 2.05. The molecule has 0 heterocycles. The summed E-state index contributed by atoms with van der Waals surface area (Å²) < 4.78 is 10.2. The first kappa shape index (κ1) is 15.5. The molecule has 17 heavy (non-hydrogen) atoms. The van der Waals surface area contributed by atoms with Crippen molar-refractivity contribution in [2.24, 2.45) is 5.73 Å². The van der Waals surface area contributed by atoms with Crippen LogP contribution in [-0.4, -0.2) is 26.7 Å². The number of amides is 1. The fourth-order valence-electron chi connectivity index (χ4n) is 1.25. The van der Waals surface area contributed by atoms with Crippen LogP contribution in [0, 0.1) is 0 Å². The lowest BCUT2D eigenvalue weighted by Crippen LogP contribution is -2.16. The van der Waals surface area contributed by atoms with E-state index in [1.165, 1.54) is 7.11 Å². The van der Waals surface area contributed by atoms with Gasteiger partial charge in [0, 0.05) is 19.0 Å². The van der Waals surface area contributed by atoms with Crippen LogP contribution in [-0.2, 0) is 4.79 Å². The zero-order valence-electron chi connectivity index (χ0n) is 9.86. The Kier molecular flexibility index (Phi) is 7.09. The van der Waals surface area contributed by atoms with E-state index in [9.17, 15) is 4.79 Å². The lowest BCUT2D eigenvalue weighted by Gasteiger charge is -2.11. The van der Waals surface area contributed by atoms with Crippen LogP contribution in [0.1, 0.15) is 6.42 Å². The van der Waals surface area contributed by atoms with E-state index in [0.717, 1.165) is 0 Å². The normalized spacial score (nSPS) is 9.12. The number of hydrogen-bond acceptors (Lipinski definition) is 4. The molecule has 96 valence electrons. The summed E-state index contributed by atoms with van der Waals surface area (Å²) in [7, 11) is 3.11. The third-order valence-electron chi connectivity index (χ3n) is 2.05. The topological polar surface area (TPSA) is 73.6 Å². The molecule has 0 fully saturated rings. The molecule has 0 aliphatic carbocycles. The first-order valence-corrected chi connectivity index (χ1v) is 4.93. The molecule has 0 aromatic heterocycles. The summed E-state index contributed by atoms with van der Waals surface area (Å²) in [6.45, 7) is 0.324. The van der Waals surface area contributed by atoms with Gasteiger partial charge in [-0.1, -0.05) is 0 Å². The van der Waals surface area contributed by atoms with E-state index in [-0.39, 0.29) is 24.7 Å². The molecule has 3 N–H and O–H groups in total. The molecule has 1 amide bonds. The summed E-state index contributed by atoms with van der Waals surface area (Å²) in [4.78, 5) is 11.4. The van der Waals surface area contributed by atoms with Gasteiger partial charge in [0.25, 0.3) is 0 Å². The second-order valence-corrected chi connectivity index (χ2v) is 3.15. The highest BCUT2D eigenvalue weighted by molar-refractivity contribution is 5.92. The maximum Gasteiger partial charge on any atom is 0.225 e. The number of ether oxygens (including phenoxy) is 2. The first-order chi connectivity index (χ1) is 7.71. The van der Waals surface area contributed by atoms with Crippen LogP contribution >= 0.6 is 12.4 Å². The van der Waals surface area contributed by atoms with Gasteiger partial charge in [-0.3, -0.25) is 4.79 Å². The van der Waals surface area contributed by atoms with E-state index in [1.54, 1.807) is 25.3 Å². The molecule has 6 heteroatoms. The van der Waals surface area contributed by atoms with Crippen molar-refractivity contribution in [3.63, 3.8) is 0 Å². The molecule has 0 saturated carbocycles. The smallest absolute Gasteiger partial charge is 0.225 e. The van der Waals surface area contributed by atoms with Crippen LogP contribution in [0.2, 0.25) is 0 Å². The van der Waals surface area contributed by atoms with Crippen LogP contribution in [0.4, 0.5) is 5.69 Å². The van der Waals surface area contributed by atoms with Gasteiger partial charge in [-0.15, -0.1) is 12.4 Å². The molecule has 5 nitrogen and oxygen atoms in total. The Morgan fingerprint density at radius 2 is 2.06 bits per heavy atom. The highest BCUT2D eigenvalue weighted by Crippen LogP contribution is 2.28. The Hall–Kier alpha value is -1.46. The summed E-state index contributed by atoms with van der Waals surface area (Å²) in [5, 5.41) is 2.71. The number of carbonyl (C=O) groups is 1. The van der Waals surface area contributed by atoms with E-state index in [1.807, 2.05) is 0 Å². The van der Waals surface area contributed by atoms with Crippen molar-refractivity contribution in [2.75, 3.05) is 26.1 Å². The summed E-state index contributed by atoms with van der Waals surface area (Å²) in [5.74, 6) is 1.10. The van der Waals surface area contributed by atoms with Gasteiger partial charge in [-0.05, 0) is 12.1 Å². The maximum atomic E-state index is 11.4. The Bertz CT molecular complexity index is 372. The van der Waals surface area contributed by atoms with Crippen molar-refractivity contribution in [3.05, 3.63) is 18.2 Å². The second kappa shape index (κ2) is 7.76. The molecule has 0 atom stereocenters. The van der Waals surface area contributed by atoms with Crippen LogP contribution < -0.4 is 20.5 Å². The van der Waals surface area contributed by atoms with E-state index >= 15 is 0 Å². The molecule has 1 rings (SSSR count). The van der Waals surface area contributed by atoms with E-state index in [4.69, 9.17) is 15.2 Å². The fourth-order valence-corrected chi connectivity index (χ4v) is 1.25. The Morgan fingerprint density at radius 1 is 1.35 bits per heavy atom. The molecule has 0 bridgehead atoms. The number of carbonyl (C=O) groups excluding carboxylic acids is 1. The number of nitrogens with two attached hydrogens (primary N) is 1. The molecule has 0 aliphatic heterocycles. The van der Waals surface area contributed by atoms with Gasteiger partial charge in [0.15, 0.2) is 0 Å². The van der Waals surface area contributed by atoms with E-state index < -0.39 is 0 Å². The van der Waals surface area contributed by atoms with Crippen molar-refractivity contribution in [1.82, 2.24) is 0 Å². The molecule has 0 saturated heterocycles. The first-order valence-electron chi connectivity index (χ1n) is 4.93. The average Bonchev–Trinajstić information content (AvgIpc) is 2.30. The van der Waals surface area contributed by atoms with E-state index in [0.29, 0.717) is 23.7 Å². The van der Waals surface area contributed by atoms with Gasteiger partial charge < -0.3 is 20.5 Å². The number of halogens is 1. The van der Waals surface area contributed by atoms with Crippen LogP contribution in [0.3, 0.4) is 0 Å². The monoisotopic (exact) mass is 260 g/mol. The number of hydrogen-bond donors (Lipinski definition) is 2. The van der Waals surface area contributed by atoms with Crippen molar-refractivity contribution in [3.8, 4) is 11.5 Å². The lowest BCUT2D eigenvalue weighted by atomic mass is 10.2. The van der Waals surface area contributed by atoms with Gasteiger partial charge in [0.05, 0.1) is 19.9 Å². The maximum absolute atomic E-state index is 11.4. The van der Waals surface area contributed by atoms with Crippen molar-refractivity contribution in [1.29, 1.82) is 0 Å². The van der Waals surface area contributed by atoms with Gasteiger partial charge in [-0.2, -0.15) is 0 Å². The lowest BCUT2D eigenvalue weighted by molar-refractivity contribution is -0.116. The number of methoxy groups -OCH3 is 2. The third kappa shape index (κ3) is 4.50. The van der Waals surface area contributed by atoms with E-state index in [2.05, 4.69) is 5.32 Å². The number of nitrogens with one attached hydrogen (secondary N) is 1. The highest BCUT2D eigenvalue weighted by Gasteiger charge is 2.07. The zero-order valence-corrected chi connectivity index (χ0v) is 10.7. The SMILES string of the molecule is COc1ccc(NC(=O)CCN)c(OC)c1.Cl. The Balaban J connectivity index is 0.00000256. The molecule has 1 aromatic rings. The summed E-state index contributed by atoms with van der Waals surface area (Å²) in [5.41, 5.74) is 5.90. The number of anilines is 1. The summed E-state index contributed by atoms with van der Waals surface area (Å²) in [6.07, 6.45) is 0.287. The predicted molar refractivity (Wildman–Crippen MR) is 69.1 cm³/mol. The molecular formula is C11H17ClN2O3. The van der Waals surface area contributed by atoms with Crippen molar-refractivity contribution >= 4 is 24.0 Å². The van der Waals surface area contributed by atoms with Gasteiger partial charge in [-0.25, -0.2) is 0 Å². The largest absolute Gasteiger partial charge is 0.497 e. The summed E-state index contributed by atoms with van der Waals surface area (Å²) in [6, 6.07) is 5.19. The zero-order chi connectivity index (χ0) is 12.0. The standard InChI is InChI=1S/C11H16N2O3.ClH/c1-15-8-3-4-9(10(7-8)16-2)13-11(14)5-6-12;/h3-4,7H,5-6,12H2,1-2H3,(H,13,14);1H. The Morgan fingerprint density at radius 3 is 2.59 bits per heavy atom. The molecule has 1 aromatic carbocycles. The molecule has 0 aliphatic rings. The van der Waals surface area contributed by atoms with Gasteiger partial charge >= 0.3 is 0 Å². The van der Waals surface area contributed by atoms with Crippen LogP contribution in [0.5, 0.6) is 11.5 Å².